The van der Waals surface area contributed by atoms with Crippen LogP contribution in [0.5, 0.6) is 0 Å². The van der Waals surface area contributed by atoms with E-state index in [0.717, 1.165) is 96.5 Å². The molecule has 14 nitrogen and oxygen atoms in total. The third-order valence-corrected chi connectivity index (χ3v) is 22.4. The van der Waals surface area contributed by atoms with Crippen LogP contribution in [0.1, 0.15) is 88.8 Å². The Morgan fingerprint density at radius 3 is 0.469 bits per heavy atom. The summed E-state index contributed by atoms with van der Waals surface area (Å²) >= 11 is 10.1. The second-order valence-corrected chi connectivity index (χ2v) is 33.5. The van der Waals surface area contributed by atoms with Gasteiger partial charge in [-0.15, -0.1) is 32.3 Å². The number of ketones is 4. The molecule has 12 heterocycles. The van der Waals surface area contributed by atoms with Gasteiger partial charge in [-0.2, -0.15) is 72.8 Å². The van der Waals surface area contributed by atoms with Crippen molar-refractivity contribution in [2.75, 3.05) is 0 Å². The summed E-state index contributed by atoms with van der Waals surface area (Å²) in [4.78, 5) is 74.6. The van der Waals surface area contributed by atoms with Gasteiger partial charge >= 0.3 is 0 Å². The molecule has 0 saturated carbocycles. The zero-order chi connectivity index (χ0) is 89.2. The average molecular weight is 2900 g/mol. The number of hydrogen-bond donors (Lipinski definition) is 4. The van der Waals surface area contributed by atoms with Crippen molar-refractivity contribution in [2.24, 2.45) is 0 Å². The van der Waals surface area contributed by atoms with E-state index in [1.807, 2.05) is 141 Å². The van der Waals surface area contributed by atoms with Crippen LogP contribution in [0.15, 0.2) is 298 Å². The van der Waals surface area contributed by atoms with Crippen molar-refractivity contribution < 1.29 is 160 Å². The Bertz CT molecular complexity index is 5690. The van der Waals surface area contributed by atoms with Crippen LogP contribution in [0.3, 0.4) is 0 Å². The molecule has 6 radical (unpaired) electrons. The molecule has 12 aromatic heterocycles. The molecule has 0 aliphatic rings. The Hall–Kier alpha value is -9.28. The van der Waals surface area contributed by atoms with Crippen molar-refractivity contribution in [1.82, 2.24) is 29.9 Å². The first-order valence-electron chi connectivity index (χ1n) is 39.0. The van der Waals surface area contributed by atoms with Crippen LogP contribution in [0.2, 0.25) is 0 Å². The minimum absolute atomic E-state index is 0. The summed E-state index contributed by atoms with van der Waals surface area (Å²) in [6.45, 7) is 24.2. The molecule has 682 valence electrons. The molecule has 18 aromatic rings. The number of benzene rings is 6. The minimum Gasteiger partial charge on any atom is -0.512 e. The van der Waals surface area contributed by atoms with Crippen molar-refractivity contribution >= 4 is 157 Å². The Morgan fingerprint density at radius 1 is 0.238 bits per heavy atom. The van der Waals surface area contributed by atoms with E-state index in [1.165, 1.54) is 145 Å². The van der Waals surface area contributed by atoms with Crippen LogP contribution in [-0.4, -0.2) is 73.5 Å². The summed E-state index contributed by atoms with van der Waals surface area (Å²) in [5, 5.41) is 53.0. The molecule has 26 heteroatoms. The van der Waals surface area contributed by atoms with Gasteiger partial charge in [0.2, 0.25) is 0 Å². The Kier molecular flexibility index (Phi) is 52.4. The van der Waals surface area contributed by atoms with Crippen molar-refractivity contribution in [3.63, 3.8) is 0 Å². The second kappa shape index (κ2) is 59.3. The average Bonchev–Trinajstić information content (AvgIpc) is 1.26. The van der Waals surface area contributed by atoms with Crippen LogP contribution in [0.4, 0.5) is 0 Å². The first kappa shape index (κ1) is 115. The molecule has 0 unspecified atom stereocenters. The number of hydrogen-bond acceptors (Lipinski definition) is 20. The Labute approximate surface area is 865 Å². The summed E-state index contributed by atoms with van der Waals surface area (Å²) in [5.74, 6) is -0.250. The number of aromatic nitrogens is 6. The maximum absolute atomic E-state index is 10.0. The third kappa shape index (κ3) is 37.0. The number of aliphatic hydroxyl groups is 4. The van der Waals surface area contributed by atoms with Gasteiger partial charge in [-0.3, -0.25) is 19.2 Å². The van der Waals surface area contributed by atoms with Gasteiger partial charge in [-0.25, -0.2) is 68.0 Å². The van der Waals surface area contributed by atoms with E-state index in [4.69, 9.17) is 20.4 Å². The standard InChI is InChI=1S/6C14H10NS.4C5H8O2.6Ir/c6*1-10-9-13(14-7-4-8-16-14)15-12-6-3-2-5-11(10)12;4*1-4(6)3-5(2)7;;;;;;/h6*2-6,8-9H,1H3;4*3,6H,1-2H3;;;;;;/q6*-1;;;;;;;;;;. The maximum Gasteiger partial charge on any atom is 0.155 e. The van der Waals surface area contributed by atoms with Crippen molar-refractivity contribution in [3.8, 4) is 63.4 Å². The molecule has 0 amide bonds. The number of thiophene rings is 6. The molecule has 0 atom stereocenters. The molecule has 18 rings (SSSR count). The molecule has 0 spiro atoms. The smallest absolute Gasteiger partial charge is 0.155 e. The normalized spacial score (nSPS) is 10.4. The summed E-state index contributed by atoms with van der Waals surface area (Å²) in [7, 11) is 0. The number of pyridine rings is 6. The van der Waals surface area contributed by atoms with E-state index in [-0.39, 0.29) is 167 Å². The molecule has 130 heavy (non-hydrogen) atoms. The van der Waals surface area contributed by atoms with Crippen molar-refractivity contribution in [2.45, 2.75) is 96.9 Å². The fraction of sp³-hybridized carbons (Fsp3) is 0.135. The van der Waals surface area contributed by atoms with Crippen LogP contribution in [-0.2, 0) is 140 Å². The van der Waals surface area contributed by atoms with Gasteiger partial charge in [0, 0.05) is 177 Å². The zero-order valence-corrected chi connectivity index (χ0v) is 92.4. The van der Waals surface area contributed by atoms with E-state index in [2.05, 4.69) is 217 Å². The number of carbonyl (C=O) groups is 4. The van der Waals surface area contributed by atoms with E-state index in [9.17, 15) is 19.2 Å². The molecular formula is C104H92Ir6N6O8S6-6. The number of rotatable bonds is 10. The number of nitrogens with zero attached hydrogens (tertiary/aromatic N) is 6. The number of allylic oxidation sites excluding steroid dienone is 8. The molecule has 6 aromatic carbocycles. The predicted octanol–water partition coefficient (Wildman–Crippen LogP) is 28.6. The number of aryl methyl sites for hydroxylation is 6. The van der Waals surface area contributed by atoms with Gasteiger partial charge in [0.25, 0.3) is 0 Å². The van der Waals surface area contributed by atoms with Crippen LogP contribution < -0.4 is 0 Å². The van der Waals surface area contributed by atoms with Crippen LogP contribution in [0, 0.1) is 77.9 Å². The minimum atomic E-state index is -0.125. The number of carbonyl (C=O) groups excluding carboxylic acids is 4. The first-order chi connectivity index (χ1) is 59.6. The van der Waals surface area contributed by atoms with Crippen LogP contribution in [0.25, 0.3) is 129 Å². The number of aliphatic hydroxyl groups excluding tert-OH is 4. The van der Waals surface area contributed by atoms with Gasteiger partial charge in [0.05, 0.1) is 56.1 Å². The summed E-state index contributed by atoms with van der Waals surface area (Å²) < 4.78 is 0. The van der Waals surface area contributed by atoms with E-state index < -0.39 is 0 Å². The maximum atomic E-state index is 10.0. The molecule has 0 aliphatic carbocycles. The SMILES string of the molecule is CC(=O)C=C(C)O.CC(=O)C=C(C)O.CC(=O)C=C(C)O.CC(=O)C=C(C)O.Cc1cc(-c2[c-]ccs2)nc2ccccc12.Cc1cc(-c2[c-]ccs2)nc2ccccc12.Cc1cc(-c2[c-]ccs2)nc2ccccc12.Cc1cc(-c2[c-]ccs2)nc2ccccc12.Cc1cc(-c2[c-]ccs2)nc2ccccc12.Cc1cc(-c2[c-]ccs2)nc2ccccc12.[Ir].[Ir].[Ir].[Ir].[Ir].[Ir]. The quantitative estimate of drug-likeness (QED) is 0.0568. The van der Waals surface area contributed by atoms with Gasteiger partial charge < -0.3 is 50.3 Å². The Morgan fingerprint density at radius 2 is 0.369 bits per heavy atom. The topological polar surface area (TPSA) is 227 Å². The van der Waals surface area contributed by atoms with Gasteiger partial charge in [-0.1, -0.05) is 208 Å². The summed E-state index contributed by atoms with van der Waals surface area (Å²) in [5.41, 5.74) is 20.0. The molecule has 0 aliphatic heterocycles. The van der Waals surface area contributed by atoms with Crippen molar-refractivity contribution in [3.05, 3.63) is 368 Å². The zero-order valence-electron chi connectivity index (χ0n) is 73.1. The number of para-hydroxylation sites is 6. The summed E-state index contributed by atoms with van der Waals surface area (Å²) in [6, 6.07) is 93.0. The van der Waals surface area contributed by atoms with E-state index in [0.29, 0.717) is 0 Å². The third-order valence-electron chi connectivity index (χ3n) is 17.4. The number of fused-ring (bicyclic) bond motifs is 6. The van der Waals surface area contributed by atoms with Gasteiger partial charge in [-0.05, 0) is 167 Å². The van der Waals surface area contributed by atoms with Gasteiger partial charge in [0.1, 0.15) is 0 Å². The van der Waals surface area contributed by atoms with E-state index >= 15 is 0 Å². The van der Waals surface area contributed by atoms with Crippen LogP contribution >= 0.6 is 68.0 Å². The fourth-order valence-electron chi connectivity index (χ4n) is 12.3. The monoisotopic (exact) mass is 2900 g/mol. The predicted molar refractivity (Wildman–Crippen MR) is 520 cm³/mol. The van der Waals surface area contributed by atoms with Crippen molar-refractivity contribution in [1.29, 1.82) is 0 Å². The van der Waals surface area contributed by atoms with Gasteiger partial charge in [0.15, 0.2) is 23.1 Å². The molecule has 0 saturated heterocycles. The second-order valence-electron chi connectivity index (χ2n) is 28.0. The Balaban J connectivity index is 0.000000377. The van der Waals surface area contributed by atoms with E-state index in [1.54, 1.807) is 68.0 Å². The fourth-order valence-corrected chi connectivity index (χ4v) is 16.1. The molecule has 4 N–H and O–H groups in total. The molecule has 0 fully saturated rings. The largest absolute Gasteiger partial charge is 0.512 e. The molecule has 0 bridgehead atoms. The molecular weight excluding hydrogens is 2810 g/mol. The first-order valence-corrected chi connectivity index (χ1v) is 44.3. The summed E-state index contributed by atoms with van der Waals surface area (Å²) in [6.07, 6.45) is 4.67.